The Morgan fingerprint density at radius 2 is 2.21 bits per heavy atom. The van der Waals surface area contributed by atoms with E-state index in [-0.39, 0.29) is 5.84 Å². The summed E-state index contributed by atoms with van der Waals surface area (Å²) in [6.07, 6.45) is 3.24. The maximum atomic E-state index is 13.2. The number of nitrogens with zero attached hydrogens (tertiary/aromatic N) is 1. The number of nitrogens with two attached hydrogens (primary N) is 1. The van der Waals surface area contributed by atoms with Crippen LogP contribution in [-0.2, 0) is 6.54 Å². The summed E-state index contributed by atoms with van der Waals surface area (Å²) in [6.45, 7) is 4.84. The number of oxime groups is 1. The van der Waals surface area contributed by atoms with Gasteiger partial charge in [0, 0.05) is 18.2 Å². The van der Waals surface area contributed by atoms with E-state index in [1.54, 1.807) is 6.07 Å². The first-order valence-corrected chi connectivity index (χ1v) is 6.62. The third-order valence-corrected chi connectivity index (χ3v) is 3.17. The molecule has 0 saturated carbocycles. The molecule has 0 aliphatic heterocycles. The van der Waals surface area contributed by atoms with Crippen molar-refractivity contribution in [2.45, 2.75) is 45.7 Å². The van der Waals surface area contributed by atoms with Crippen LogP contribution in [0, 0.1) is 5.82 Å². The van der Waals surface area contributed by atoms with Crippen LogP contribution in [0.2, 0.25) is 0 Å². The van der Waals surface area contributed by atoms with Crippen LogP contribution in [0.4, 0.5) is 4.39 Å². The van der Waals surface area contributed by atoms with E-state index >= 15 is 0 Å². The van der Waals surface area contributed by atoms with E-state index in [2.05, 4.69) is 24.3 Å². The zero-order chi connectivity index (χ0) is 14.3. The summed E-state index contributed by atoms with van der Waals surface area (Å²) in [5, 5.41) is 15.1. The Morgan fingerprint density at radius 1 is 1.47 bits per heavy atom. The minimum Gasteiger partial charge on any atom is -0.409 e. The molecule has 1 atom stereocenters. The summed E-state index contributed by atoms with van der Waals surface area (Å²) in [4.78, 5) is 0. The zero-order valence-corrected chi connectivity index (χ0v) is 11.5. The number of hydrogen-bond acceptors (Lipinski definition) is 3. The van der Waals surface area contributed by atoms with Crippen molar-refractivity contribution in [3.63, 3.8) is 0 Å². The molecule has 0 spiro atoms. The van der Waals surface area contributed by atoms with Crippen LogP contribution in [0.3, 0.4) is 0 Å². The second kappa shape index (κ2) is 7.74. The van der Waals surface area contributed by atoms with Crippen LogP contribution < -0.4 is 11.1 Å². The molecule has 1 rings (SSSR count). The van der Waals surface area contributed by atoms with Gasteiger partial charge in [0.05, 0.1) is 0 Å². The smallest absolute Gasteiger partial charge is 0.170 e. The lowest BCUT2D eigenvalue weighted by Gasteiger charge is -2.17. The highest BCUT2D eigenvalue weighted by molar-refractivity contribution is 5.98. The summed E-state index contributed by atoms with van der Waals surface area (Å²) in [6, 6.07) is 4.75. The van der Waals surface area contributed by atoms with Crippen molar-refractivity contribution in [3.8, 4) is 0 Å². The topological polar surface area (TPSA) is 70.6 Å². The lowest BCUT2D eigenvalue weighted by atomic mass is 10.0. The number of hydrogen-bond donors (Lipinski definition) is 3. The maximum absolute atomic E-state index is 13.2. The number of nitrogens with one attached hydrogen (secondary N) is 1. The SMILES string of the molecule is CCCC(CC)NCc1ccc(F)cc1C(N)=NO. The van der Waals surface area contributed by atoms with Crippen LogP contribution in [0.25, 0.3) is 0 Å². The number of rotatable bonds is 7. The minimum atomic E-state index is -0.397. The average molecular weight is 267 g/mol. The molecule has 0 aromatic heterocycles. The van der Waals surface area contributed by atoms with Gasteiger partial charge >= 0.3 is 0 Å². The summed E-state index contributed by atoms with van der Waals surface area (Å²) >= 11 is 0. The molecule has 0 bridgehead atoms. The second-order valence-electron chi connectivity index (χ2n) is 4.56. The van der Waals surface area contributed by atoms with Crippen molar-refractivity contribution in [2.75, 3.05) is 0 Å². The summed E-state index contributed by atoms with van der Waals surface area (Å²) in [5.41, 5.74) is 6.82. The molecule has 19 heavy (non-hydrogen) atoms. The van der Waals surface area contributed by atoms with Gasteiger partial charge in [0.25, 0.3) is 0 Å². The summed E-state index contributed by atoms with van der Waals surface area (Å²) < 4.78 is 13.2. The molecule has 1 unspecified atom stereocenters. The standard InChI is InChI=1S/C14H22FN3O/c1-3-5-12(4-2)17-9-10-6-7-11(15)8-13(10)14(16)18-19/h6-8,12,17,19H,3-5,9H2,1-2H3,(H2,16,18). The molecule has 106 valence electrons. The first-order chi connectivity index (χ1) is 9.12. The third-order valence-electron chi connectivity index (χ3n) is 3.17. The van der Waals surface area contributed by atoms with Gasteiger partial charge < -0.3 is 16.3 Å². The van der Waals surface area contributed by atoms with Gasteiger partial charge in [-0.2, -0.15) is 0 Å². The van der Waals surface area contributed by atoms with Crippen molar-refractivity contribution < 1.29 is 9.60 Å². The first kappa shape index (κ1) is 15.4. The third kappa shape index (κ3) is 4.52. The normalized spacial score (nSPS) is 13.5. The van der Waals surface area contributed by atoms with Gasteiger partial charge in [-0.05, 0) is 30.5 Å². The molecule has 0 amide bonds. The van der Waals surface area contributed by atoms with Gasteiger partial charge in [-0.25, -0.2) is 4.39 Å². The van der Waals surface area contributed by atoms with Gasteiger partial charge in [0.2, 0.25) is 0 Å². The molecule has 4 N–H and O–H groups in total. The predicted octanol–water partition coefficient (Wildman–Crippen LogP) is 2.59. The lowest BCUT2D eigenvalue weighted by Crippen LogP contribution is -2.29. The lowest BCUT2D eigenvalue weighted by molar-refractivity contribution is 0.318. The van der Waals surface area contributed by atoms with Crippen molar-refractivity contribution in [2.24, 2.45) is 10.9 Å². The van der Waals surface area contributed by atoms with E-state index in [9.17, 15) is 4.39 Å². The quantitative estimate of drug-likeness (QED) is 0.308. The van der Waals surface area contributed by atoms with Crippen LogP contribution in [0.15, 0.2) is 23.4 Å². The molecule has 1 aromatic carbocycles. The molecule has 5 heteroatoms. The highest BCUT2D eigenvalue weighted by Gasteiger charge is 2.10. The van der Waals surface area contributed by atoms with Crippen LogP contribution in [0.1, 0.15) is 44.2 Å². The maximum Gasteiger partial charge on any atom is 0.170 e. The molecule has 0 heterocycles. The van der Waals surface area contributed by atoms with Gasteiger partial charge in [0.1, 0.15) is 5.82 Å². The fourth-order valence-electron chi connectivity index (χ4n) is 2.05. The Kier molecular flexibility index (Phi) is 6.29. The molecular weight excluding hydrogens is 245 g/mol. The monoisotopic (exact) mass is 267 g/mol. The Bertz CT molecular complexity index is 435. The van der Waals surface area contributed by atoms with E-state index in [0.29, 0.717) is 18.2 Å². The number of amidine groups is 1. The number of benzene rings is 1. The Balaban J connectivity index is 2.83. The summed E-state index contributed by atoms with van der Waals surface area (Å²) in [5.74, 6) is -0.467. The molecule has 0 aliphatic carbocycles. The molecule has 0 saturated heterocycles. The van der Waals surface area contributed by atoms with Crippen LogP contribution in [0.5, 0.6) is 0 Å². The Morgan fingerprint density at radius 3 is 2.79 bits per heavy atom. The zero-order valence-electron chi connectivity index (χ0n) is 11.5. The van der Waals surface area contributed by atoms with Gasteiger partial charge in [-0.3, -0.25) is 0 Å². The van der Waals surface area contributed by atoms with E-state index in [0.717, 1.165) is 24.8 Å². The molecular formula is C14H22FN3O. The molecule has 1 aromatic rings. The summed E-state index contributed by atoms with van der Waals surface area (Å²) in [7, 11) is 0. The fraction of sp³-hybridized carbons (Fsp3) is 0.500. The van der Waals surface area contributed by atoms with E-state index in [1.807, 2.05) is 0 Å². The van der Waals surface area contributed by atoms with Crippen LogP contribution in [-0.4, -0.2) is 17.1 Å². The first-order valence-electron chi connectivity index (χ1n) is 6.62. The molecule has 0 fully saturated rings. The van der Waals surface area contributed by atoms with Gasteiger partial charge in [-0.15, -0.1) is 0 Å². The largest absolute Gasteiger partial charge is 0.409 e. The second-order valence-corrected chi connectivity index (χ2v) is 4.56. The molecule has 0 aliphatic rings. The van der Waals surface area contributed by atoms with Crippen molar-refractivity contribution >= 4 is 5.84 Å². The number of halogens is 1. The molecule has 0 radical (unpaired) electrons. The van der Waals surface area contributed by atoms with Crippen molar-refractivity contribution in [1.82, 2.24) is 5.32 Å². The van der Waals surface area contributed by atoms with Gasteiger partial charge in [0.15, 0.2) is 5.84 Å². The predicted molar refractivity (Wildman–Crippen MR) is 74.7 cm³/mol. The fourth-order valence-corrected chi connectivity index (χ4v) is 2.05. The van der Waals surface area contributed by atoms with Crippen molar-refractivity contribution in [1.29, 1.82) is 0 Å². The molecule has 4 nitrogen and oxygen atoms in total. The minimum absolute atomic E-state index is 0.0696. The van der Waals surface area contributed by atoms with E-state index < -0.39 is 5.82 Å². The highest BCUT2D eigenvalue weighted by Crippen LogP contribution is 2.12. The highest BCUT2D eigenvalue weighted by atomic mass is 19.1. The van der Waals surface area contributed by atoms with Crippen LogP contribution >= 0.6 is 0 Å². The average Bonchev–Trinajstić information content (AvgIpc) is 2.43. The van der Waals surface area contributed by atoms with Gasteiger partial charge in [-0.1, -0.05) is 31.5 Å². The van der Waals surface area contributed by atoms with E-state index in [1.165, 1.54) is 12.1 Å². The Labute approximate surface area is 113 Å². The Hall–Kier alpha value is -1.62. The van der Waals surface area contributed by atoms with E-state index in [4.69, 9.17) is 10.9 Å². The van der Waals surface area contributed by atoms with Crippen molar-refractivity contribution in [3.05, 3.63) is 35.1 Å².